The third-order valence-electron chi connectivity index (χ3n) is 6.77. The van der Waals surface area contributed by atoms with E-state index in [2.05, 4.69) is 21.2 Å². The molecule has 2 aromatic rings. The van der Waals surface area contributed by atoms with Gasteiger partial charge in [-0.25, -0.2) is 10.4 Å². The van der Waals surface area contributed by atoms with Crippen molar-refractivity contribution in [3.63, 3.8) is 0 Å². The fourth-order valence-electron chi connectivity index (χ4n) is 4.69. The fraction of sp³-hybridized carbons (Fsp3) is 0.462. The number of nitrogens with one attached hydrogen (secondary N) is 3. The number of pyridine rings is 1. The third-order valence-corrected chi connectivity index (χ3v) is 6.77. The molecule has 2 unspecified atom stereocenters. The zero-order valence-corrected chi connectivity index (χ0v) is 21.2. The summed E-state index contributed by atoms with van der Waals surface area (Å²) in [7, 11) is 0. The first-order valence-electron chi connectivity index (χ1n) is 12.6. The van der Waals surface area contributed by atoms with E-state index in [4.69, 9.17) is 10.00 Å². The van der Waals surface area contributed by atoms with Gasteiger partial charge in [0, 0.05) is 45.0 Å². The smallest absolute Gasteiger partial charge is 0.379 e. The van der Waals surface area contributed by atoms with Crippen LogP contribution in [-0.2, 0) is 14.3 Å². The molecule has 2 aliphatic rings. The number of carbonyl (C=O) groups is 2. The van der Waals surface area contributed by atoms with E-state index in [0.29, 0.717) is 37.3 Å². The number of hydrogen-bond acceptors (Lipinski definition) is 8. The zero-order valence-electron chi connectivity index (χ0n) is 21.2. The molecule has 4 rings (SSSR count). The summed E-state index contributed by atoms with van der Waals surface area (Å²) in [5.41, 5.74) is 5.76. The van der Waals surface area contributed by atoms with E-state index in [9.17, 15) is 22.8 Å². The van der Waals surface area contributed by atoms with E-state index < -0.39 is 30.1 Å². The number of anilines is 1. The van der Waals surface area contributed by atoms with Crippen molar-refractivity contribution in [2.24, 2.45) is 5.92 Å². The molecule has 0 aliphatic carbocycles. The van der Waals surface area contributed by atoms with E-state index in [1.807, 2.05) is 11.0 Å². The van der Waals surface area contributed by atoms with E-state index >= 15 is 0 Å². The second kappa shape index (κ2) is 12.9. The molecule has 2 amide bonds. The Morgan fingerprint density at radius 3 is 2.56 bits per heavy atom. The topological polar surface area (TPSA) is 123 Å². The van der Waals surface area contributed by atoms with Gasteiger partial charge in [0.1, 0.15) is 11.9 Å². The van der Waals surface area contributed by atoms with Crippen LogP contribution in [0.4, 0.5) is 19.0 Å². The number of alkyl halides is 3. The van der Waals surface area contributed by atoms with E-state index in [-0.39, 0.29) is 32.1 Å². The van der Waals surface area contributed by atoms with Gasteiger partial charge < -0.3 is 19.9 Å². The maximum atomic E-state index is 13.6. The minimum absolute atomic E-state index is 0.0259. The lowest BCUT2D eigenvalue weighted by Gasteiger charge is -2.36. The molecule has 1 aromatic carbocycles. The molecule has 208 valence electrons. The molecule has 1 aromatic heterocycles. The van der Waals surface area contributed by atoms with Gasteiger partial charge in [-0.05, 0) is 17.7 Å². The molecule has 3 atom stereocenters. The number of carbonyl (C=O) groups excluding carboxylic acids is 2. The third kappa shape index (κ3) is 7.44. The van der Waals surface area contributed by atoms with Crippen LogP contribution in [0.5, 0.6) is 0 Å². The van der Waals surface area contributed by atoms with Crippen molar-refractivity contribution >= 4 is 17.6 Å². The van der Waals surface area contributed by atoms with Gasteiger partial charge in [-0.3, -0.25) is 15.0 Å². The molecule has 0 saturated carbocycles. The first kappa shape index (κ1) is 28.3. The lowest BCUT2D eigenvalue weighted by molar-refractivity contribution is -0.193. The number of benzene rings is 1. The van der Waals surface area contributed by atoms with Gasteiger partial charge in [0.05, 0.1) is 31.2 Å². The predicted octanol–water partition coefficient (Wildman–Crippen LogP) is 1.52. The summed E-state index contributed by atoms with van der Waals surface area (Å²) in [6.07, 6.45) is -3.06. The molecule has 0 bridgehead atoms. The summed E-state index contributed by atoms with van der Waals surface area (Å²) < 4.78 is 46.5. The molecular formula is C26H30F3N7O3. The Labute approximate surface area is 224 Å². The number of nitrogens with zero attached hydrogens (tertiary/aromatic N) is 4. The van der Waals surface area contributed by atoms with Gasteiger partial charge in [0.15, 0.2) is 5.92 Å². The molecular weight excluding hydrogens is 515 g/mol. The van der Waals surface area contributed by atoms with Crippen LogP contribution < -0.4 is 21.1 Å². The molecule has 3 N–H and O–H groups in total. The molecule has 0 radical (unpaired) electrons. The zero-order chi connectivity index (χ0) is 27.8. The van der Waals surface area contributed by atoms with Crippen molar-refractivity contribution in [2.75, 3.05) is 50.8 Å². The largest absolute Gasteiger partial charge is 0.402 e. The summed E-state index contributed by atoms with van der Waals surface area (Å²) in [5, 5.41) is 11.9. The second-order valence-corrected chi connectivity index (χ2v) is 9.34. The van der Waals surface area contributed by atoms with Crippen molar-refractivity contribution < 1.29 is 27.5 Å². The Kier molecular flexibility index (Phi) is 9.34. The molecule has 2 aliphatic heterocycles. The average molecular weight is 546 g/mol. The van der Waals surface area contributed by atoms with Crippen molar-refractivity contribution in [1.82, 2.24) is 26.1 Å². The van der Waals surface area contributed by atoms with Crippen LogP contribution in [0.2, 0.25) is 0 Å². The molecule has 39 heavy (non-hydrogen) atoms. The summed E-state index contributed by atoms with van der Waals surface area (Å²) in [4.78, 5) is 32.8. The Balaban J connectivity index is 1.27. The lowest BCUT2D eigenvalue weighted by Crippen LogP contribution is -2.64. The van der Waals surface area contributed by atoms with Crippen LogP contribution >= 0.6 is 0 Å². The van der Waals surface area contributed by atoms with E-state index in [0.717, 1.165) is 5.82 Å². The Bertz CT molecular complexity index is 1150. The maximum absolute atomic E-state index is 13.6. The van der Waals surface area contributed by atoms with Gasteiger partial charge >= 0.3 is 6.18 Å². The lowest BCUT2D eigenvalue weighted by atomic mass is 9.94. The first-order chi connectivity index (χ1) is 18.8. The summed E-state index contributed by atoms with van der Waals surface area (Å²) in [6, 6.07) is 12.6. The normalized spacial score (nSPS) is 20.7. The number of nitriles is 1. The van der Waals surface area contributed by atoms with Crippen molar-refractivity contribution in [2.45, 2.75) is 24.7 Å². The van der Waals surface area contributed by atoms with Crippen LogP contribution in [0, 0.1) is 17.2 Å². The van der Waals surface area contributed by atoms with Crippen LogP contribution in [0.1, 0.15) is 23.6 Å². The van der Waals surface area contributed by atoms with Crippen LogP contribution in [0.25, 0.3) is 0 Å². The maximum Gasteiger partial charge on any atom is 0.402 e. The number of aromatic nitrogens is 1. The van der Waals surface area contributed by atoms with Gasteiger partial charge in [0.2, 0.25) is 11.8 Å². The molecule has 13 heteroatoms. The Morgan fingerprint density at radius 1 is 1.18 bits per heavy atom. The summed E-state index contributed by atoms with van der Waals surface area (Å²) in [6.45, 7) is 2.27. The second-order valence-electron chi connectivity index (χ2n) is 9.34. The first-order valence-corrected chi connectivity index (χ1v) is 12.6. The highest BCUT2D eigenvalue weighted by Gasteiger charge is 2.51. The SMILES string of the molecule is N#Cc1ccc(N2CCN(C(=O)CCOC[C@H](NC3CNNC(=O)C3C(F)(F)F)c3ccccc3)CC2)nc1. The van der Waals surface area contributed by atoms with Gasteiger partial charge in [-0.2, -0.15) is 18.4 Å². The highest BCUT2D eigenvalue weighted by molar-refractivity contribution is 5.80. The number of ether oxygens (including phenoxy) is 1. The number of amides is 2. The monoisotopic (exact) mass is 545 g/mol. The van der Waals surface area contributed by atoms with Crippen molar-refractivity contribution in [3.8, 4) is 6.07 Å². The number of rotatable bonds is 9. The van der Waals surface area contributed by atoms with Crippen LogP contribution in [0.15, 0.2) is 48.7 Å². The summed E-state index contributed by atoms with van der Waals surface area (Å²) in [5.74, 6) is -2.66. The van der Waals surface area contributed by atoms with E-state index in [1.165, 1.54) is 6.20 Å². The van der Waals surface area contributed by atoms with Crippen molar-refractivity contribution in [1.29, 1.82) is 5.26 Å². The van der Waals surface area contributed by atoms with Crippen LogP contribution in [0.3, 0.4) is 0 Å². The standard InChI is InChI=1S/C26H30F3N7O3/c27-26(28,29)24-20(16-32-34-25(24)38)33-21(19-4-2-1-3-5-19)17-39-13-8-23(37)36-11-9-35(10-12-36)22-7-6-18(14-30)15-31-22/h1-7,15,20-21,24,32-33H,8-13,16-17H2,(H,34,38)/t20?,21-,24?/m0/s1. The fourth-order valence-corrected chi connectivity index (χ4v) is 4.69. The molecule has 10 nitrogen and oxygen atoms in total. The van der Waals surface area contributed by atoms with Gasteiger partial charge in [-0.15, -0.1) is 0 Å². The average Bonchev–Trinajstić information content (AvgIpc) is 2.94. The minimum Gasteiger partial charge on any atom is -0.379 e. The summed E-state index contributed by atoms with van der Waals surface area (Å²) >= 11 is 0. The molecule has 0 spiro atoms. The number of halogens is 3. The van der Waals surface area contributed by atoms with Gasteiger partial charge in [-0.1, -0.05) is 30.3 Å². The van der Waals surface area contributed by atoms with E-state index in [1.54, 1.807) is 47.4 Å². The number of hydrazine groups is 1. The van der Waals surface area contributed by atoms with Gasteiger partial charge in [0.25, 0.3) is 0 Å². The number of piperazine rings is 1. The van der Waals surface area contributed by atoms with Crippen LogP contribution in [-0.4, -0.2) is 79.9 Å². The predicted molar refractivity (Wildman–Crippen MR) is 135 cm³/mol. The quantitative estimate of drug-likeness (QED) is 0.406. The number of hydrogen-bond donors (Lipinski definition) is 3. The highest BCUT2D eigenvalue weighted by atomic mass is 19.4. The van der Waals surface area contributed by atoms with Crippen molar-refractivity contribution in [3.05, 3.63) is 59.8 Å². The highest BCUT2D eigenvalue weighted by Crippen LogP contribution is 2.31. The molecule has 2 saturated heterocycles. The molecule has 2 fully saturated rings. The Morgan fingerprint density at radius 2 is 1.92 bits per heavy atom. The molecule has 3 heterocycles. The Hall–Kier alpha value is -3.73. The minimum atomic E-state index is -4.71.